The summed E-state index contributed by atoms with van der Waals surface area (Å²) in [5.74, 6) is 0.610. The summed E-state index contributed by atoms with van der Waals surface area (Å²) in [7, 11) is 1.62. The lowest BCUT2D eigenvalue weighted by Gasteiger charge is -2.34. The number of nitrogens with one attached hydrogen (secondary N) is 1. The monoisotopic (exact) mass is 422 g/mol. The third kappa shape index (κ3) is 4.16. The predicted molar refractivity (Wildman–Crippen MR) is 102 cm³/mol. The number of likely N-dealkylation sites (tertiary alicyclic amines) is 1. The Hall–Kier alpha value is -2.94. The SMILES string of the molecule is COC[C@@H]1CN(C(=O)Nc2ccc(OC(F)(F)F)cc2)[C@H]2c3ccccc3OC[C@@H]12. The Kier molecular flexibility index (Phi) is 5.46. The van der Waals surface area contributed by atoms with Crippen molar-refractivity contribution < 1.29 is 32.2 Å². The number of para-hydroxylation sites is 1. The summed E-state index contributed by atoms with van der Waals surface area (Å²) in [4.78, 5) is 14.8. The Morgan fingerprint density at radius 1 is 1.20 bits per heavy atom. The largest absolute Gasteiger partial charge is 0.573 e. The molecule has 4 rings (SSSR count). The number of alkyl halides is 3. The third-order valence-corrected chi connectivity index (χ3v) is 5.43. The quantitative estimate of drug-likeness (QED) is 0.791. The van der Waals surface area contributed by atoms with Gasteiger partial charge in [0.2, 0.25) is 0 Å². The average Bonchev–Trinajstić information content (AvgIpc) is 3.08. The molecule has 0 saturated carbocycles. The van der Waals surface area contributed by atoms with Gasteiger partial charge in [-0.25, -0.2) is 4.79 Å². The van der Waals surface area contributed by atoms with Gasteiger partial charge in [-0.05, 0) is 30.3 Å². The highest BCUT2D eigenvalue weighted by molar-refractivity contribution is 5.90. The number of rotatable bonds is 4. The Morgan fingerprint density at radius 2 is 1.93 bits per heavy atom. The van der Waals surface area contributed by atoms with Crippen molar-refractivity contribution in [3.63, 3.8) is 0 Å². The van der Waals surface area contributed by atoms with E-state index in [1.165, 1.54) is 12.1 Å². The van der Waals surface area contributed by atoms with Gasteiger partial charge in [0.15, 0.2) is 0 Å². The molecule has 1 fully saturated rings. The first kappa shape index (κ1) is 20.3. The van der Waals surface area contributed by atoms with Crippen molar-refractivity contribution >= 4 is 11.7 Å². The van der Waals surface area contributed by atoms with E-state index in [-0.39, 0.29) is 29.7 Å². The first-order chi connectivity index (χ1) is 14.4. The minimum Gasteiger partial charge on any atom is -0.493 e. The van der Waals surface area contributed by atoms with Crippen molar-refractivity contribution in [1.82, 2.24) is 4.90 Å². The minimum absolute atomic E-state index is 0.0909. The summed E-state index contributed by atoms with van der Waals surface area (Å²) < 4.78 is 52.0. The van der Waals surface area contributed by atoms with E-state index in [9.17, 15) is 18.0 Å². The van der Waals surface area contributed by atoms with Crippen LogP contribution in [0.25, 0.3) is 0 Å². The lowest BCUT2D eigenvalue weighted by Crippen LogP contribution is -2.38. The highest BCUT2D eigenvalue weighted by Gasteiger charge is 2.48. The maximum absolute atomic E-state index is 13.1. The Labute approximate surface area is 171 Å². The van der Waals surface area contributed by atoms with Crippen LogP contribution in [0.15, 0.2) is 48.5 Å². The van der Waals surface area contributed by atoms with Gasteiger partial charge in [-0.3, -0.25) is 0 Å². The Balaban J connectivity index is 1.53. The molecule has 2 aromatic carbocycles. The van der Waals surface area contributed by atoms with E-state index in [0.29, 0.717) is 25.4 Å². The van der Waals surface area contributed by atoms with E-state index >= 15 is 0 Å². The summed E-state index contributed by atoms with van der Waals surface area (Å²) in [5, 5.41) is 2.77. The molecule has 30 heavy (non-hydrogen) atoms. The topological polar surface area (TPSA) is 60.0 Å². The van der Waals surface area contributed by atoms with Gasteiger partial charge >= 0.3 is 12.4 Å². The molecule has 3 atom stereocenters. The van der Waals surface area contributed by atoms with Gasteiger partial charge in [0.05, 0.1) is 19.3 Å². The van der Waals surface area contributed by atoms with E-state index in [4.69, 9.17) is 9.47 Å². The summed E-state index contributed by atoms with van der Waals surface area (Å²) in [6.07, 6.45) is -4.76. The van der Waals surface area contributed by atoms with Crippen LogP contribution < -0.4 is 14.8 Å². The first-order valence-electron chi connectivity index (χ1n) is 9.50. The van der Waals surface area contributed by atoms with E-state index in [1.54, 1.807) is 12.0 Å². The van der Waals surface area contributed by atoms with Crippen LogP contribution in [-0.2, 0) is 4.74 Å². The van der Waals surface area contributed by atoms with Crippen LogP contribution in [0.4, 0.5) is 23.7 Å². The number of nitrogens with zero attached hydrogens (tertiary/aromatic N) is 1. The summed E-state index contributed by atoms with van der Waals surface area (Å²) >= 11 is 0. The number of ether oxygens (including phenoxy) is 3. The van der Waals surface area contributed by atoms with E-state index in [0.717, 1.165) is 23.4 Å². The van der Waals surface area contributed by atoms with Crippen molar-refractivity contribution in [1.29, 1.82) is 0 Å². The van der Waals surface area contributed by atoms with Crippen LogP contribution in [0, 0.1) is 11.8 Å². The predicted octanol–water partition coefficient (Wildman–Crippen LogP) is 4.45. The Morgan fingerprint density at radius 3 is 2.63 bits per heavy atom. The smallest absolute Gasteiger partial charge is 0.493 e. The minimum atomic E-state index is -4.76. The molecule has 1 saturated heterocycles. The molecule has 0 spiro atoms. The van der Waals surface area contributed by atoms with Crippen molar-refractivity contribution in [2.24, 2.45) is 11.8 Å². The second kappa shape index (κ2) is 8.06. The van der Waals surface area contributed by atoms with Gasteiger partial charge in [-0.15, -0.1) is 13.2 Å². The molecule has 0 unspecified atom stereocenters. The van der Waals surface area contributed by atoms with E-state index < -0.39 is 6.36 Å². The molecule has 2 aliphatic rings. The zero-order valence-corrected chi connectivity index (χ0v) is 16.2. The standard InChI is InChI=1S/C21H21F3N2O4/c1-28-11-13-10-26(19-16-4-2-3-5-18(16)29-12-17(13)19)20(27)25-14-6-8-15(9-7-14)30-21(22,23)24/h2-9,13,17,19H,10-12H2,1H3,(H,25,27)/t13-,17-,19-/m0/s1. The molecule has 0 radical (unpaired) electrons. The number of halogens is 3. The molecule has 0 aliphatic carbocycles. The molecule has 2 aromatic rings. The summed E-state index contributed by atoms with van der Waals surface area (Å²) in [5.41, 5.74) is 1.32. The van der Waals surface area contributed by atoms with Crippen LogP contribution in [0.3, 0.4) is 0 Å². The van der Waals surface area contributed by atoms with Crippen LogP contribution in [0.1, 0.15) is 11.6 Å². The molecule has 160 valence electrons. The molecular formula is C21H21F3N2O4. The average molecular weight is 422 g/mol. The summed E-state index contributed by atoms with van der Waals surface area (Å²) in [6.45, 7) is 1.48. The number of fused-ring (bicyclic) bond motifs is 3. The van der Waals surface area contributed by atoms with Crippen LogP contribution in [0.2, 0.25) is 0 Å². The fourth-order valence-corrected chi connectivity index (χ4v) is 4.19. The normalized spacial score (nSPS) is 22.7. The van der Waals surface area contributed by atoms with Gasteiger partial charge in [-0.2, -0.15) is 0 Å². The number of urea groups is 1. The third-order valence-electron chi connectivity index (χ3n) is 5.43. The molecule has 0 bridgehead atoms. The number of hydrogen-bond donors (Lipinski definition) is 1. The molecule has 2 amide bonds. The second-order valence-corrected chi connectivity index (χ2v) is 7.33. The van der Waals surface area contributed by atoms with Crippen molar-refractivity contribution in [3.05, 3.63) is 54.1 Å². The van der Waals surface area contributed by atoms with Crippen LogP contribution in [-0.4, -0.2) is 44.2 Å². The zero-order valence-electron chi connectivity index (χ0n) is 16.2. The maximum Gasteiger partial charge on any atom is 0.573 e. The number of carbonyl (C=O) groups is 1. The number of amides is 2. The molecule has 2 heterocycles. The van der Waals surface area contributed by atoms with Crippen molar-refractivity contribution in [2.45, 2.75) is 12.4 Å². The van der Waals surface area contributed by atoms with Crippen molar-refractivity contribution in [3.8, 4) is 11.5 Å². The molecular weight excluding hydrogens is 401 g/mol. The van der Waals surface area contributed by atoms with Crippen LogP contribution in [0.5, 0.6) is 11.5 Å². The second-order valence-electron chi connectivity index (χ2n) is 7.33. The van der Waals surface area contributed by atoms with Gasteiger partial charge in [0.25, 0.3) is 0 Å². The first-order valence-corrected chi connectivity index (χ1v) is 9.50. The number of carbonyl (C=O) groups excluding carboxylic acids is 1. The highest BCUT2D eigenvalue weighted by atomic mass is 19.4. The number of anilines is 1. The van der Waals surface area contributed by atoms with E-state index in [1.807, 2.05) is 24.3 Å². The Bertz CT molecular complexity index is 904. The highest BCUT2D eigenvalue weighted by Crippen LogP contribution is 2.47. The van der Waals surface area contributed by atoms with Crippen LogP contribution >= 0.6 is 0 Å². The number of benzene rings is 2. The zero-order chi connectivity index (χ0) is 21.3. The fourth-order valence-electron chi connectivity index (χ4n) is 4.19. The lowest BCUT2D eigenvalue weighted by atomic mass is 9.86. The van der Waals surface area contributed by atoms with Crippen molar-refractivity contribution in [2.75, 3.05) is 32.2 Å². The number of hydrogen-bond acceptors (Lipinski definition) is 4. The van der Waals surface area contributed by atoms with Gasteiger partial charge < -0.3 is 24.4 Å². The molecule has 0 aromatic heterocycles. The molecule has 6 nitrogen and oxygen atoms in total. The molecule has 9 heteroatoms. The number of methoxy groups -OCH3 is 1. The van der Waals surface area contributed by atoms with Gasteiger partial charge in [-0.1, -0.05) is 18.2 Å². The maximum atomic E-state index is 13.1. The fraction of sp³-hybridized carbons (Fsp3) is 0.381. The molecule has 2 aliphatic heterocycles. The summed E-state index contributed by atoms with van der Waals surface area (Å²) in [6, 6.07) is 12.2. The van der Waals surface area contributed by atoms with Gasteiger partial charge in [0.1, 0.15) is 11.5 Å². The van der Waals surface area contributed by atoms with E-state index in [2.05, 4.69) is 10.1 Å². The lowest BCUT2D eigenvalue weighted by molar-refractivity contribution is -0.274. The molecule has 1 N–H and O–H groups in total. The van der Waals surface area contributed by atoms with Gasteiger partial charge in [0, 0.05) is 36.7 Å².